The van der Waals surface area contributed by atoms with Gasteiger partial charge in [0.05, 0.1) is 12.6 Å². The highest BCUT2D eigenvalue weighted by Crippen LogP contribution is 2.35. The van der Waals surface area contributed by atoms with Crippen LogP contribution in [-0.2, 0) is 14.3 Å². The van der Waals surface area contributed by atoms with E-state index in [1.54, 1.807) is 0 Å². The Morgan fingerprint density at radius 1 is 1.41 bits per heavy atom. The Balaban J connectivity index is 3.19. The van der Waals surface area contributed by atoms with Crippen molar-refractivity contribution in [1.82, 2.24) is 5.32 Å². The van der Waals surface area contributed by atoms with E-state index in [-0.39, 0.29) is 0 Å². The number of halogens is 2. The molecule has 1 rings (SSSR count). The summed E-state index contributed by atoms with van der Waals surface area (Å²) in [5, 5.41) is 48.3. The molecule has 1 saturated heterocycles. The lowest BCUT2D eigenvalue weighted by atomic mass is 9.87. The third-order valence-corrected chi connectivity index (χ3v) is 3.26. The number of rotatable bonds is 5. The van der Waals surface area contributed by atoms with Crippen LogP contribution >= 0.6 is 0 Å². The fourth-order valence-electron chi connectivity index (χ4n) is 2.11. The van der Waals surface area contributed by atoms with Crippen molar-refractivity contribution < 1.29 is 48.6 Å². The number of carbonyl (C=O) groups excluding carboxylic acids is 1. The van der Waals surface area contributed by atoms with Crippen molar-refractivity contribution in [3.05, 3.63) is 0 Å². The summed E-state index contributed by atoms with van der Waals surface area (Å²) in [6, 6.07) is -1.74. The number of amides is 1. The second-order valence-electron chi connectivity index (χ2n) is 4.89. The predicted octanol–water partition coefficient (Wildman–Crippen LogP) is -2.95. The van der Waals surface area contributed by atoms with Gasteiger partial charge >= 0.3 is 11.8 Å². The fraction of sp³-hybridized carbons (Fsp3) is 0.818. The van der Waals surface area contributed by atoms with Gasteiger partial charge in [-0.1, -0.05) is 0 Å². The Hall–Kier alpha value is -1.40. The summed E-state index contributed by atoms with van der Waals surface area (Å²) in [4.78, 5) is 21.9. The quantitative estimate of drug-likeness (QED) is 0.313. The summed E-state index contributed by atoms with van der Waals surface area (Å²) in [7, 11) is 0. The minimum absolute atomic E-state index is 0.808. The third kappa shape index (κ3) is 3.33. The first-order chi connectivity index (χ1) is 10.1. The monoisotopic (exact) mass is 327 g/mol. The van der Waals surface area contributed by atoms with Crippen LogP contribution in [0.4, 0.5) is 8.78 Å². The van der Waals surface area contributed by atoms with Crippen molar-refractivity contribution in [2.75, 3.05) is 6.61 Å². The molecular formula is C11H17F2NO8. The minimum atomic E-state index is -3.99. The molecule has 128 valence electrons. The lowest BCUT2D eigenvalue weighted by Gasteiger charge is -2.45. The maximum atomic E-state index is 14.1. The van der Waals surface area contributed by atoms with Crippen LogP contribution in [0.2, 0.25) is 0 Å². The average Bonchev–Trinajstić information content (AvgIpc) is 2.45. The standard InChI is InChI=1S/C11H17F2NO8/c1-3(16)14-5-7(19)9(12)11(13,10(20)21)22-8(5)6(18)4(17)2-15/h4-9,15,17-19H,2H2,1H3,(H,14,16)(H,20,21)/t4-,5-,6-,7-,8-,9+,11+/m1/s1/i12-1,13-1. The fourth-order valence-corrected chi connectivity index (χ4v) is 2.11. The number of carboxylic acids is 1. The van der Waals surface area contributed by atoms with Crippen LogP contribution in [0.3, 0.4) is 0 Å². The molecule has 0 radical (unpaired) electrons. The molecule has 0 bridgehead atoms. The summed E-state index contributed by atoms with van der Waals surface area (Å²) in [6.45, 7) is -0.0321. The van der Waals surface area contributed by atoms with Gasteiger partial charge in [-0.2, -0.15) is 4.39 Å². The van der Waals surface area contributed by atoms with Gasteiger partial charge in [-0.15, -0.1) is 0 Å². The summed E-state index contributed by atoms with van der Waals surface area (Å²) in [5.41, 5.74) is 0. The van der Waals surface area contributed by atoms with Gasteiger partial charge in [0.25, 0.3) is 0 Å². The number of aliphatic carboxylic acids is 1. The number of hydrogen-bond donors (Lipinski definition) is 6. The molecule has 0 aromatic carbocycles. The number of ether oxygens (including phenoxy) is 1. The summed E-state index contributed by atoms with van der Waals surface area (Å²) < 4.78 is 32.3. The molecule has 6 N–H and O–H groups in total. The van der Waals surface area contributed by atoms with Gasteiger partial charge in [0.15, 0.2) is 6.17 Å². The van der Waals surface area contributed by atoms with E-state index in [2.05, 4.69) is 4.74 Å². The molecule has 7 atom stereocenters. The molecular weight excluding hydrogens is 310 g/mol. The highest BCUT2D eigenvalue weighted by Gasteiger charge is 2.62. The van der Waals surface area contributed by atoms with Crippen LogP contribution in [0.25, 0.3) is 0 Å². The molecule has 0 aromatic heterocycles. The summed E-state index contributed by atoms with van der Waals surface area (Å²) >= 11 is 0. The molecule has 0 saturated carbocycles. The number of hydrogen-bond acceptors (Lipinski definition) is 7. The van der Waals surface area contributed by atoms with E-state index in [1.165, 1.54) is 0 Å². The molecule has 11 heteroatoms. The maximum Gasteiger partial charge on any atom is 0.372 e. The van der Waals surface area contributed by atoms with Gasteiger partial charge in [0, 0.05) is 6.92 Å². The first kappa shape index (κ1) is 18.6. The lowest BCUT2D eigenvalue weighted by Crippen LogP contribution is -2.71. The lowest BCUT2D eigenvalue weighted by molar-refractivity contribution is -0.293. The van der Waals surface area contributed by atoms with Crippen LogP contribution in [0.15, 0.2) is 0 Å². The van der Waals surface area contributed by atoms with Gasteiger partial charge in [0.2, 0.25) is 5.91 Å². The predicted molar refractivity (Wildman–Crippen MR) is 64.0 cm³/mol. The molecule has 0 spiro atoms. The molecule has 9 nitrogen and oxygen atoms in total. The molecule has 0 aliphatic carbocycles. The van der Waals surface area contributed by atoms with Gasteiger partial charge < -0.3 is 35.6 Å². The number of alkyl halides is 2. The molecule has 1 amide bonds. The Morgan fingerprint density at radius 3 is 2.36 bits per heavy atom. The number of aliphatic hydroxyl groups is 4. The van der Waals surface area contributed by atoms with Crippen LogP contribution in [0, 0.1) is 0 Å². The van der Waals surface area contributed by atoms with Crippen LogP contribution in [0.1, 0.15) is 6.92 Å². The minimum Gasteiger partial charge on any atom is -0.477 e. The number of nitrogens with one attached hydrogen (secondary N) is 1. The van der Waals surface area contributed by atoms with Crippen molar-refractivity contribution in [1.29, 1.82) is 0 Å². The van der Waals surface area contributed by atoms with E-state index >= 15 is 0 Å². The third-order valence-electron chi connectivity index (χ3n) is 3.26. The van der Waals surface area contributed by atoms with E-state index < -0.39 is 61.0 Å². The molecule has 1 fully saturated rings. The van der Waals surface area contributed by atoms with Crippen LogP contribution in [0.5, 0.6) is 0 Å². The second-order valence-corrected chi connectivity index (χ2v) is 4.89. The number of carbonyl (C=O) groups is 2. The Morgan fingerprint density at radius 2 is 1.95 bits per heavy atom. The van der Waals surface area contributed by atoms with Crippen LogP contribution in [-0.4, -0.2) is 86.5 Å². The Bertz CT molecular complexity index is 438. The van der Waals surface area contributed by atoms with Gasteiger partial charge in [-0.05, 0) is 0 Å². The molecule has 1 aliphatic heterocycles. The highest BCUT2D eigenvalue weighted by molar-refractivity contribution is 5.77. The zero-order valence-corrected chi connectivity index (χ0v) is 11.4. The Kier molecular flexibility index (Phi) is 5.76. The first-order valence-electron chi connectivity index (χ1n) is 6.22. The normalized spacial score (nSPS) is 38.1. The molecule has 1 heterocycles. The highest BCUT2D eigenvalue weighted by atomic mass is 18.2. The first-order valence-corrected chi connectivity index (χ1v) is 6.22. The Labute approximate surface area is 123 Å². The summed E-state index contributed by atoms with van der Waals surface area (Å²) in [6.07, 6.45) is -11.4. The van der Waals surface area contributed by atoms with E-state index in [0.717, 1.165) is 6.92 Å². The van der Waals surface area contributed by atoms with Gasteiger partial charge in [-0.3, -0.25) is 4.79 Å². The van der Waals surface area contributed by atoms with E-state index in [4.69, 9.17) is 10.2 Å². The SMILES string of the molecule is CC(=O)N[C@@H]1[C@@H](O)[C@H]([18F])[C@@]([18F])(C(=O)O)O[C@H]1[C@H](O)[C@H](O)CO. The molecule has 0 aromatic rings. The molecule has 22 heavy (non-hydrogen) atoms. The van der Waals surface area contributed by atoms with E-state index in [0.29, 0.717) is 0 Å². The number of carboxylic acid groups (broad SMARTS) is 1. The van der Waals surface area contributed by atoms with Crippen molar-refractivity contribution in [3.63, 3.8) is 0 Å². The zero-order chi connectivity index (χ0) is 17.2. The largest absolute Gasteiger partial charge is 0.477 e. The molecule has 0 unspecified atom stereocenters. The zero-order valence-electron chi connectivity index (χ0n) is 11.4. The van der Waals surface area contributed by atoms with Crippen LogP contribution < -0.4 is 5.32 Å². The van der Waals surface area contributed by atoms with Gasteiger partial charge in [-0.25, -0.2) is 9.18 Å². The van der Waals surface area contributed by atoms with E-state index in [1.807, 2.05) is 5.32 Å². The second kappa shape index (κ2) is 6.79. The topological polar surface area (TPSA) is 157 Å². The van der Waals surface area contributed by atoms with Crippen molar-refractivity contribution in [3.8, 4) is 0 Å². The van der Waals surface area contributed by atoms with Crippen molar-refractivity contribution in [2.45, 2.75) is 49.4 Å². The summed E-state index contributed by atoms with van der Waals surface area (Å²) in [5.74, 6) is -7.19. The van der Waals surface area contributed by atoms with Crippen molar-refractivity contribution >= 4 is 11.9 Å². The van der Waals surface area contributed by atoms with Gasteiger partial charge in [0.1, 0.15) is 24.4 Å². The number of aliphatic hydroxyl groups excluding tert-OH is 4. The average molecular weight is 327 g/mol. The smallest absolute Gasteiger partial charge is 0.372 e. The van der Waals surface area contributed by atoms with E-state index in [9.17, 15) is 33.7 Å². The van der Waals surface area contributed by atoms with Crippen molar-refractivity contribution in [2.24, 2.45) is 0 Å². The molecule has 1 aliphatic rings. The maximum absolute atomic E-state index is 14.1.